The van der Waals surface area contributed by atoms with Crippen LogP contribution in [0.4, 0.5) is 17.3 Å². The van der Waals surface area contributed by atoms with Crippen molar-refractivity contribution in [2.75, 3.05) is 16.4 Å². The Morgan fingerprint density at radius 1 is 1.11 bits per heavy atom. The highest BCUT2D eigenvalue weighted by molar-refractivity contribution is 5.74. The van der Waals surface area contributed by atoms with E-state index in [1.54, 1.807) is 6.33 Å². The standard InChI is InChI=1S/C14H25N5/c1-10(2)18-13-12(15)14(17-9-16-13)19-11-7-5-3-4-6-8-11/h9-11H,3-8,15H2,1-2H3,(H2,16,17,18,19). The van der Waals surface area contributed by atoms with Crippen LogP contribution in [0, 0.1) is 0 Å². The molecule has 4 N–H and O–H groups in total. The molecule has 0 aromatic carbocycles. The predicted octanol–water partition coefficient (Wildman–Crippen LogP) is 3.01. The van der Waals surface area contributed by atoms with Gasteiger partial charge in [-0.15, -0.1) is 0 Å². The number of aromatic nitrogens is 2. The summed E-state index contributed by atoms with van der Waals surface area (Å²) in [5, 5.41) is 6.73. The van der Waals surface area contributed by atoms with Gasteiger partial charge < -0.3 is 16.4 Å². The number of nitrogens with zero attached hydrogens (tertiary/aromatic N) is 2. The topological polar surface area (TPSA) is 75.9 Å². The maximum Gasteiger partial charge on any atom is 0.155 e. The zero-order chi connectivity index (χ0) is 13.7. The molecule has 1 fully saturated rings. The van der Waals surface area contributed by atoms with Crippen LogP contribution < -0.4 is 16.4 Å². The van der Waals surface area contributed by atoms with Crippen LogP contribution in [-0.2, 0) is 0 Å². The Morgan fingerprint density at radius 2 is 1.74 bits per heavy atom. The second kappa shape index (κ2) is 6.59. The smallest absolute Gasteiger partial charge is 0.155 e. The molecule has 5 nitrogen and oxygen atoms in total. The van der Waals surface area contributed by atoms with Gasteiger partial charge in [-0.1, -0.05) is 25.7 Å². The molecule has 5 heteroatoms. The number of rotatable bonds is 4. The lowest BCUT2D eigenvalue weighted by Gasteiger charge is -2.19. The first kappa shape index (κ1) is 13.9. The zero-order valence-electron chi connectivity index (χ0n) is 11.9. The molecule has 1 aromatic heterocycles. The molecule has 0 amide bonds. The number of hydrogen-bond acceptors (Lipinski definition) is 5. The molecule has 0 atom stereocenters. The van der Waals surface area contributed by atoms with Gasteiger partial charge in [-0.3, -0.25) is 0 Å². The molecule has 0 unspecified atom stereocenters. The van der Waals surface area contributed by atoms with Crippen LogP contribution in [0.3, 0.4) is 0 Å². The third-order valence-electron chi connectivity index (χ3n) is 3.51. The van der Waals surface area contributed by atoms with Gasteiger partial charge >= 0.3 is 0 Å². The summed E-state index contributed by atoms with van der Waals surface area (Å²) < 4.78 is 0. The number of anilines is 3. The summed E-state index contributed by atoms with van der Waals surface area (Å²) >= 11 is 0. The number of nitrogen functional groups attached to an aromatic ring is 1. The molecule has 2 rings (SSSR count). The van der Waals surface area contributed by atoms with Crippen LogP contribution >= 0.6 is 0 Å². The largest absolute Gasteiger partial charge is 0.393 e. The summed E-state index contributed by atoms with van der Waals surface area (Å²) in [5.74, 6) is 1.49. The lowest BCUT2D eigenvalue weighted by Crippen LogP contribution is -2.21. The monoisotopic (exact) mass is 263 g/mol. The van der Waals surface area contributed by atoms with Gasteiger partial charge in [0.05, 0.1) is 0 Å². The molecular formula is C14H25N5. The van der Waals surface area contributed by atoms with E-state index in [9.17, 15) is 0 Å². The van der Waals surface area contributed by atoms with Crippen LogP contribution in [0.5, 0.6) is 0 Å². The van der Waals surface area contributed by atoms with E-state index in [0.29, 0.717) is 17.8 Å². The molecule has 1 saturated carbocycles. The first-order valence-corrected chi connectivity index (χ1v) is 7.30. The molecule has 106 valence electrons. The lowest BCUT2D eigenvalue weighted by molar-refractivity contribution is 0.618. The van der Waals surface area contributed by atoms with Gasteiger partial charge in [0, 0.05) is 12.1 Å². The summed E-state index contributed by atoms with van der Waals surface area (Å²) in [6.45, 7) is 4.14. The van der Waals surface area contributed by atoms with Gasteiger partial charge in [-0.05, 0) is 26.7 Å². The molecule has 1 heterocycles. The summed E-state index contributed by atoms with van der Waals surface area (Å²) in [4.78, 5) is 8.49. The number of nitrogens with one attached hydrogen (secondary N) is 2. The van der Waals surface area contributed by atoms with Crippen molar-refractivity contribution < 1.29 is 0 Å². The fourth-order valence-electron chi connectivity index (χ4n) is 2.52. The average Bonchev–Trinajstić information content (AvgIpc) is 2.62. The van der Waals surface area contributed by atoms with Gasteiger partial charge in [-0.25, -0.2) is 9.97 Å². The van der Waals surface area contributed by atoms with Crippen LogP contribution in [0.15, 0.2) is 6.33 Å². The van der Waals surface area contributed by atoms with E-state index in [0.717, 1.165) is 11.6 Å². The highest BCUT2D eigenvalue weighted by Crippen LogP contribution is 2.26. The molecule has 0 aliphatic heterocycles. The minimum absolute atomic E-state index is 0.308. The molecular weight excluding hydrogens is 238 g/mol. The summed E-state index contributed by atoms with van der Waals surface area (Å²) in [6.07, 6.45) is 9.25. The highest BCUT2D eigenvalue weighted by atomic mass is 15.1. The molecule has 1 aliphatic rings. The van der Waals surface area contributed by atoms with E-state index < -0.39 is 0 Å². The fourth-order valence-corrected chi connectivity index (χ4v) is 2.52. The minimum Gasteiger partial charge on any atom is -0.393 e. The van der Waals surface area contributed by atoms with E-state index in [4.69, 9.17) is 5.73 Å². The third-order valence-corrected chi connectivity index (χ3v) is 3.51. The van der Waals surface area contributed by atoms with Gasteiger partial charge in [0.25, 0.3) is 0 Å². The van der Waals surface area contributed by atoms with E-state index in [1.165, 1.54) is 38.5 Å². The molecule has 0 bridgehead atoms. The Bertz CT molecular complexity index is 397. The van der Waals surface area contributed by atoms with Crippen molar-refractivity contribution in [2.45, 2.75) is 64.5 Å². The van der Waals surface area contributed by atoms with Crippen LogP contribution in [0.1, 0.15) is 52.4 Å². The Balaban J connectivity index is 2.06. The van der Waals surface area contributed by atoms with Gasteiger partial charge in [0.15, 0.2) is 11.6 Å². The second-order valence-electron chi connectivity index (χ2n) is 5.62. The molecule has 1 aliphatic carbocycles. The maximum absolute atomic E-state index is 6.14. The highest BCUT2D eigenvalue weighted by Gasteiger charge is 2.15. The summed E-state index contributed by atoms with van der Waals surface area (Å²) in [6, 6.07) is 0.800. The van der Waals surface area contributed by atoms with Gasteiger partial charge in [-0.2, -0.15) is 0 Å². The first-order valence-electron chi connectivity index (χ1n) is 7.30. The van der Waals surface area contributed by atoms with Crippen LogP contribution in [-0.4, -0.2) is 22.1 Å². The van der Waals surface area contributed by atoms with Crippen LogP contribution in [0.2, 0.25) is 0 Å². The van der Waals surface area contributed by atoms with Crippen molar-refractivity contribution in [2.24, 2.45) is 0 Å². The molecule has 1 aromatic rings. The second-order valence-corrected chi connectivity index (χ2v) is 5.62. The fraction of sp³-hybridized carbons (Fsp3) is 0.714. The summed E-state index contributed by atoms with van der Waals surface area (Å²) in [7, 11) is 0. The van der Waals surface area contributed by atoms with Crippen molar-refractivity contribution in [3.05, 3.63) is 6.33 Å². The zero-order valence-corrected chi connectivity index (χ0v) is 11.9. The molecule has 0 spiro atoms. The number of hydrogen-bond donors (Lipinski definition) is 3. The van der Waals surface area contributed by atoms with Crippen molar-refractivity contribution in [1.82, 2.24) is 9.97 Å². The Morgan fingerprint density at radius 3 is 2.37 bits per heavy atom. The molecule has 0 saturated heterocycles. The van der Waals surface area contributed by atoms with Gasteiger partial charge in [0.1, 0.15) is 12.0 Å². The molecule has 0 radical (unpaired) electrons. The quantitative estimate of drug-likeness (QED) is 0.728. The van der Waals surface area contributed by atoms with E-state index in [1.807, 2.05) is 0 Å². The third kappa shape index (κ3) is 3.98. The normalized spacial score (nSPS) is 17.2. The Labute approximate surface area is 115 Å². The van der Waals surface area contributed by atoms with E-state index in [-0.39, 0.29) is 0 Å². The van der Waals surface area contributed by atoms with E-state index >= 15 is 0 Å². The number of nitrogens with two attached hydrogens (primary N) is 1. The average molecular weight is 263 g/mol. The lowest BCUT2D eigenvalue weighted by atomic mass is 10.1. The predicted molar refractivity (Wildman–Crippen MR) is 80.3 cm³/mol. The summed E-state index contributed by atoms with van der Waals surface area (Å²) in [5.41, 5.74) is 6.76. The van der Waals surface area contributed by atoms with Gasteiger partial charge in [0.2, 0.25) is 0 Å². The van der Waals surface area contributed by atoms with Crippen molar-refractivity contribution in [1.29, 1.82) is 0 Å². The minimum atomic E-state index is 0.308. The maximum atomic E-state index is 6.14. The molecule has 19 heavy (non-hydrogen) atoms. The van der Waals surface area contributed by atoms with Crippen molar-refractivity contribution in [3.63, 3.8) is 0 Å². The van der Waals surface area contributed by atoms with Crippen molar-refractivity contribution >= 4 is 17.3 Å². The first-order chi connectivity index (χ1) is 9.16. The Hall–Kier alpha value is -1.52. The SMILES string of the molecule is CC(C)Nc1ncnc(NC2CCCCCC2)c1N. The van der Waals surface area contributed by atoms with E-state index in [2.05, 4.69) is 34.4 Å². The Kier molecular flexibility index (Phi) is 4.82. The van der Waals surface area contributed by atoms with Crippen molar-refractivity contribution in [3.8, 4) is 0 Å². The van der Waals surface area contributed by atoms with Crippen LogP contribution in [0.25, 0.3) is 0 Å².